The van der Waals surface area contributed by atoms with Crippen molar-refractivity contribution in [2.24, 2.45) is 5.73 Å². The molecule has 0 spiro atoms. The van der Waals surface area contributed by atoms with Gasteiger partial charge in [0.05, 0.1) is 6.61 Å². The Bertz CT molecular complexity index is 333. The highest BCUT2D eigenvalue weighted by molar-refractivity contribution is 6.29. The van der Waals surface area contributed by atoms with Gasteiger partial charge in [-0.15, -0.1) is 0 Å². The molecule has 0 radical (unpaired) electrons. The van der Waals surface area contributed by atoms with Gasteiger partial charge in [-0.2, -0.15) is 0 Å². The van der Waals surface area contributed by atoms with E-state index in [-0.39, 0.29) is 17.3 Å². The molecule has 0 amide bonds. The molecule has 14 heavy (non-hydrogen) atoms. The molecule has 0 aliphatic rings. The standard InChI is InChI=1S/C8H9ClF2N2O/c9-6-1-4(2-12)5(3-14)7(13-6)8(10)11/h1,8,14H,2-3,12H2. The van der Waals surface area contributed by atoms with Crippen molar-refractivity contribution < 1.29 is 13.9 Å². The molecule has 0 aliphatic heterocycles. The predicted molar refractivity (Wildman–Crippen MR) is 48.0 cm³/mol. The minimum atomic E-state index is -2.76. The summed E-state index contributed by atoms with van der Waals surface area (Å²) in [6.07, 6.45) is -2.76. The van der Waals surface area contributed by atoms with Crippen LogP contribution >= 0.6 is 11.6 Å². The van der Waals surface area contributed by atoms with E-state index in [9.17, 15) is 8.78 Å². The quantitative estimate of drug-likeness (QED) is 0.765. The zero-order valence-corrected chi connectivity index (χ0v) is 7.93. The second-order valence-corrected chi connectivity index (χ2v) is 3.02. The van der Waals surface area contributed by atoms with E-state index in [4.69, 9.17) is 22.4 Å². The van der Waals surface area contributed by atoms with Crippen LogP contribution in [-0.4, -0.2) is 10.1 Å². The van der Waals surface area contributed by atoms with Gasteiger partial charge in [-0.05, 0) is 11.6 Å². The Labute approximate surface area is 84.5 Å². The van der Waals surface area contributed by atoms with Crippen molar-refractivity contribution in [3.63, 3.8) is 0 Å². The third-order valence-corrected chi connectivity index (χ3v) is 2.00. The maximum absolute atomic E-state index is 12.4. The number of hydrogen-bond donors (Lipinski definition) is 2. The van der Waals surface area contributed by atoms with Crippen LogP contribution in [0, 0.1) is 0 Å². The smallest absolute Gasteiger partial charge is 0.280 e. The number of alkyl halides is 2. The zero-order valence-electron chi connectivity index (χ0n) is 7.17. The van der Waals surface area contributed by atoms with Crippen LogP contribution < -0.4 is 5.73 Å². The number of nitrogens with two attached hydrogens (primary N) is 1. The Balaban J connectivity index is 3.31. The second-order valence-electron chi connectivity index (χ2n) is 2.63. The molecule has 0 saturated heterocycles. The molecule has 78 valence electrons. The number of hydrogen-bond acceptors (Lipinski definition) is 3. The Morgan fingerprint density at radius 3 is 2.64 bits per heavy atom. The highest BCUT2D eigenvalue weighted by atomic mass is 35.5. The van der Waals surface area contributed by atoms with Crippen LogP contribution in [0.3, 0.4) is 0 Å². The summed E-state index contributed by atoms with van der Waals surface area (Å²) in [7, 11) is 0. The van der Waals surface area contributed by atoms with Gasteiger partial charge in [0, 0.05) is 12.1 Å². The van der Waals surface area contributed by atoms with E-state index in [0.717, 1.165) is 0 Å². The van der Waals surface area contributed by atoms with Crippen molar-refractivity contribution in [1.29, 1.82) is 0 Å². The molecular weight excluding hydrogens is 214 g/mol. The minimum Gasteiger partial charge on any atom is -0.392 e. The number of nitrogens with zero attached hydrogens (tertiary/aromatic N) is 1. The zero-order chi connectivity index (χ0) is 10.7. The van der Waals surface area contributed by atoms with E-state index in [1.54, 1.807) is 0 Å². The summed E-state index contributed by atoms with van der Waals surface area (Å²) in [6, 6.07) is 1.37. The van der Waals surface area contributed by atoms with E-state index < -0.39 is 18.7 Å². The largest absolute Gasteiger partial charge is 0.392 e. The second kappa shape index (κ2) is 4.63. The summed E-state index contributed by atoms with van der Waals surface area (Å²) < 4.78 is 24.9. The fourth-order valence-electron chi connectivity index (χ4n) is 1.16. The summed E-state index contributed by atoms with van der Waals surface area (Å²) in [4.78, 5) is 3.45. The maximum atomic E-state index is 12.4. The summed E-state index contributed by atoms with van der Waals surface area (Å²) in [5.74, 6) is 0. The van der Waals surface area contributed by atoms with Gasteiger partial charge in [0.1, 0.15) is 10.8 Å². The first-order valence-corrected chi connectivity index (χ1v) is 4.25. The molecule has 6 heteroatoms. The monoisotopic (exact) mass is 222 g/mol. The van der Waals surface area contributed by atoms with Gasteiger partial charge in [-0.1, -0.05) is 11.6 Å². The number of halogens is 3. The van der Waals surface area contributed by atoms with Gasteiger partial charge in [-0.3, -0.25) is 0 Å². The highest BCUT2D eigenvalue weighted by Gasteiger charge is 2.18. The van der Waals surface area contributed by atoms with Crippen molar-refractivity contribution >= 4 is 11.6 Å². The predicted octanol–water partition coefficient (Wildman–Crippen LogP) is 1.62. The Hall–Kier alpha value is -0.780. The molecule has 0 aromatic carbocycles. The van der Waals surface area contributed by atoms with Crippen LogP contribution in [0.5, 0.6) is 0 Å². The van der Waals surface area contributed by atoms with Crippen LogP contribution in [0.4, 0.5) is 8.78 Å². The van der Waals surface area contributed by atoms with Crippen LogP contribution in [0.2, 0.25) is 5.15 Å². The van der Waals surface area contributed by atoms with Crippen molar-refractivity contribution in [3.8, 4) is 0 Å². The van der Waals surface area contributed by atoms with Crippen molar-refractivity contribution in [1.82, 2.24) is 4.98 Å². The van der Waals surface area contributed by atoms with Gasteiger partial charge in [0.2, 0.25) is 0 Å². The third kappa shape index (κ3) is 2.17. The summed E-state index contributed by atoms with van der Waals surface area (Å²) in [6.45, 7) is -0.478. The molecule has 0 unspecified atom stereocenters. The summed E-state index contributed by atoms with van der Waals surface area (Å²) >= 11 is 5.52. The fraction of sp³-hybridized carbons (Fsp3) is 0.375. The molecule has 0 aliphatic carbocycles. The minimum absolute atomic E-state index is 0.0395. The van der Waals surface area contributed by atoms with Gasteiger partial charge in [0.15, 0.2) is 0 Å². The molecule has 1 aromatic heterocycles. The lowest BCUT2D eigenvalue weighted by atomic mass is 10.1. The Morgan fingerprint density at radius 2 is 2.21 bits per heavy atom. The topological polar surface area (TPSA) is 59.1 Å². The van der Waals surface area contributed by atoms with E-state index in [2.05, 4.69) is 4.98 Å². The Kier molecular flexibility index (Phi) is 3.74. The maximum Gasteiger partial charge on any atom is 0.280 e. The van der Waals surface area contributed by atoms with Crippen LogP contribution in [-0.2, 0) is 13.2 Å². The van der Waals surface area contributed by atoms with Gasteiger partial charge in [0.25, 0.3) is 6.43 Å². The van der Waals surface area contributed by atoms with Gasteiger partial charge >= 0.3 is 0 Å². The molecule has 1 aromatic rings. The van der Waals surface area contributed by atoms with E-state index >= 15 is 0 Å². The molecule has 1 rings (SSSR count). The number of aliphatic hydroxyl groups excluding tert-OH is 1. The normalized spacial score (nSPS) is 11.0. The van der Waals surface area contributed by atoms with Crippen LogP contribution in [0.25, 0.3) is 0 Å². The third-order valence-electron chi connectivity index (χ3n) is 1.80. The number of aromatic nitrogens is 1. The first-order chi connectivity index (χ1) is 6.60. The van der Waals surface area contributed by atoms with Crippen molar-refractivity contribution in [3.05, 3.63) is 28.0 Å². The molecule has 3 N–H and O–H groups in total. The highest BCUT2D eigenvalue weighted by Crippen LogP contribution is 2.25. The fourth-order valence-corrected chi connectivity index (χ4v) is 1.38. The number of rotatable bonds is 3. The molecule has 3 nitrogen and oxygen atoms in total. The van der Waals surface area contributed by atoms with Crippen molar-refractivity contribution in [2.45, 2.75) is 19.6 Å². The molecule has 0 atom stereocenters. The summed E-state index contributed by atoms with van der Waals surface area (Å²) in [5.41, 5.74) is 5.28. The average Bonchev–Trinajstić information content (AvgIpc) is 2.16. The lowest BCUT2D eigenvalue weighted by Crippen LogP contribution is -2.08. The Morgan fingerprint density at radius 1 is 1.57 bits per heavy atom. The van der Waals surface area contributed by atoms with Crippen molar-refractivity contribution in [2.75, 3.05) is 0 Å². The molecule has 1 heterocycles. The van der Waals surface area contributed by atoms with E-state index in [1.807, 2.05) is 0 Å². The average molecular weight is 223 g/mol. The molecule has 0 bridgehead atoms. The van der Waals surface area contributed by atoms with E-state index in [0.29, 0.717) is 5.56 Å². The number of aliphatic hydroxyl groups is 1. The van der Waals surface area contributed by atoms with Crippen LogP contribution in [0.15, 0.2) is 6.07 Å². The molecule has 0 fully saturated rings. The van der Waals surface area contributed by atoms with Gasteiger partial charge in [-0.25, -0.2) is 13.8 Å². The lowest BCUT2D eigenvalue weighted by Gasteiger charge is -2.10. The molecular formula is C8H9ClF2N2O. The number of pyridine rings is 1. The SMILES string of the molecule is NCc1cc(Cl)nc(C(F)F)c1CO. The van der Waals surface area contributed by atoms with Gasteiger partial charge < -0.3 is 10.8 Å². The first kappa shape index (κ1) is 11.3. The van der Waals surface area contributed by atoms with Crippen LogP contribution in [0.1, 0.15) is 23.2 Å². The van der Waals surface area contributed by atoms with E-state index in [1.165, 1.54) is 6.07 Å². The lowest BCUT2D eigenvalue weighted by molar-refractivity contribution is 0.141. The summed E-state index contributed by atoms with van der Waals surface area (Å²) in [5, 5.41) is 8.85. The molecule has 0 saturated carbocycles. The first-order valence-electron chi connectivity index (χ1n) is 3.87.